The smallest absolute Gasteiger partial charge is 0.306 e. The zero-order valence-corrected chi connectivity index (χ0v) is 37.9. The Morgan fingerprint density at radius 1 is 0.393 bits per heavy atom. The third-order valence-corrected chi connectivity index (χ3v) is 11.0. The average molecular weight is 789 g/mol. The first kappa shape index (κ1) is 54.4. The van der Waals surface area contributed by atoms with Crippen LogP contribution in [0.1, 0.15) is 265 Å². The van der Waals surface area contributed by atoms with Crippen LogP contribution in [-0.2, 0) is 23.8 Å². The van der Waals surface area contributed by atoms with Gasteiger partial charge in [-0.1, -0.05) is 225 Å². The Morgan fingerprint density at radius 2 is 0.750 bits per heavy atom. The van der Waals surface area contributed by atoms with Crippen LogP contribution in [0.2, 0.25) is 0 Å². The third kappa shape index (κ3) is 45.1. The molecule has 1 unspecified atom stereocenters. The summed E-state index contributed by atoms with van der Waals surface area (Å²) in [7, 11) is 0. The summed E-state index contributed by atoms with van der Waals surface area (Å²) in [5.74, 6) is -0.392. The molecule has 1 atom stereocenters. The SMILES string of the molecule is CCCCC/C=C\C/C=C\CCCCCCCCCCOCC(COC(=O)CCCCCCCCCCCCCCCCC)OC(=O)CCCCCCCCC. The first-order valence-corrected chi connectivity index (χ1v) is 24.9. The van der Waals surface area contributed by atoms with Gasteiger partial charge in [-0.15, -0.1) is 0 Å². The predicted octanol–water partition coefficient (Wildman–Crippen LogP) is 16.5. The number of allylic oxidation sites excluding steroid dienone is 4. The Hall–Kier alpha value is -1.62. The van der Waals surface area contributed by atoms with Crippen molar-refractivity contribution < 1.29 is 23.8 Å². The third-order valence-electron chi connectivity index (χ3n) is 11.0. The van der Waals surface area contributed by atoms with E-state index in [4.69, 9.17) is 14.2 Å². The molecule has 0 amide bonds. The molecule has 0 aromatic heterocycles. The van der Waals surface area contributed by atoms with Crippen molar-refractivity contribution in [3.05, 3.63) is 24.3 Å². The molecule has 0 spiro atoms. The Kier molecular flexibility index (Phi) is 46.4. The minimum absolute atomic E-state index is 0.0896. The van der Waals surface area contributed by atoms with Gasteiger partial charge in [-0.25, -0.2) is 0 Å². The van der Waals surface area contributed by atoms with Gasteiger partial charge in [0.2, 0.25) is 0 Å². The normalized spacial score (nSPS) is 12.3. The molecule has 0 aliphatic rings. The molecule has 5 nitrogen and oxygen atoms in total. The van der Waals surface area contributed by atoms with Gasteiger partial charge in [-0.3, -0.25) is 9.59 Å². The first-order valence-electron chi connectivity index (χ1n) is 24.9. The quantitative estimate of drug-likeness (QED) is 0.0349. The van der Waals surface area contributed by atoms with Crippen LogP contribution < -0.4 is 0 Å². The number of esters is 2. The number of rotatable bonds is 46. The predicted molar refractivity (Wildman–Crippen MR) is 242 cm³/mol. The Bertz CT molecular complexity index is 851. The van der Waals surface area contributed by atoms with Gasteiger partial charge in [0, 0.05) is 19.4 Å². The van der Waals surface area contributed by atoms with E-state index >= 15 is 0 Å². The molecule has 0 aromatic rings. The molecule has 0 radical (unpaired) electrons. The van der Waals surface area contributed by atoms with Crippen LogP contribution in [-0.4, -0.2) is 37.9 Å². The first-order chi connectivity index (χ1) is 27.6. The van der Waals surface area contributed by atoms with Crippen LogP contribution in [0.15, 0.2) is 24.3 Å². The maximum absolute atomic E-state index is 12.6. The van der Waals surface area contributed by atoms with Gasteiger partial charge in [0.15, 0.2) is 6.10 Å². The van der Waals surface area contributed by atoms with E-state index in [0.717, 1.165) is 44.9 Å². The molecule has 330 valence electrons. The largest absolute Gasteiger partial charge is 0.462 e. The second-order valence-electron chi connectivity index (χ2n) is 16.7. The molecule has 0 saturated carbocycles. The standard InChI is InChI=1S/C51H96O5/c1-4-7-10-13-16-18-20-22-24-25-26-28-30-32-34-37-40-43-46-54-47-49(56-51(53)45-42-39-35-15-12-9-6-3)48-55-50(52)44-41-38-36-33-31-29-27-23-21-19-17-14-11-8-5-2/h16,18,22,24,49H,4-15,17,19-21,23,25-48H2,1-3H3/b18-16-,24-22-. The highest BCUT2D eigenvalue weighted by molar-refractivity contribution is 5.70. The van der Waals surface area contributed by atoms with Crippen LogP contribution in [0.25, 0.3) is 0 Å². The summed E-state index contributed by atoms with van der Waals surface area (Å²) in [5, 5.41) is 0. The van der Waals surface area contributed by atoms with E-state index in [9.17, 15) is 9.59 Å². The fraction of sp³-hybridized carbons (Fsp3) is 0.882. The molecular formula is C51H96O5. The van der Waals surface area contributed by atoms with Crippen molar-refractivity contribution in [1.29, 1.82) is 0 Å². The molecule has 56 heavy (non-hydrogen) atoms. The second kappa shape index (κ2) is 47.8. The van der Waals surface area contributed by atoms with Crippen molar-refractivity contribution in [2.45, 2.75) is 271 Å². The summed E-state index contributed by atoms with van der Waals surface area (Å²) in [6, 6.07) is 0. The van der Waals surface area contributed by atoms with Gasteiger partial charge in [-0.2, -0.15) is 0 Å². The Labute approximate surface area is 349 Å². The average Bonchev–Trinajstić information content (AvgIpc) is 3.20. The van der Waals surface area contributed by atoms with E-state index in [0.29, 0.717) is 26.1 Å². The molecule has 0 fully saturated rings. The van der Waals surface area contributed by atoms with E-state index < -0.39 is 6.10 Å². The lowest BCUT2D eigenvalue weighted by Gasteiger charge is -2.18. The number of carbonyl (C=O) groups excluding carboxylic acids is 2. The molecule has 0 heterocycles. The van der Waals surface area contributed by atoms with Crippen LogP contribution in [0.5, 0.6) is 0 Å². The van der Waals surface area contributed by atoms with E-state index in [1.807, 2.05) is 0 Å². The van der Waals surface area contributed by atoms with E-state index in [-0.39, 0.29) is 18.5 Å². The number of hydrogen-bond acceptors (Lipinski definition) is 5. The van der Waals surface area contributed by atoms with Crippen molar-refractivity contribution in [3.63, 3.8) is 0 Å². The molecular weight excluding hydrogens is 693 g/mol. The molecule has 5 heteroatoms. The summed E-state index contributed by atoms with van der Waals surface area (Å²) in [6.07, 6.45) is 54.8. The van der Waals surface area contributed by atoms with Gasteiger partial charge >= 0.3 is 11.9 Å². The number of carbonyl (C=O) groups is 2. The van der Waals surface area contributed by atoms with Crippen molar-refractivity contribution in [3.8, 4) is 0 Å². The minimum atomic E-state index is -0.529. The van der Waals surface area contributed by atoms with Crippen LogP contribution in [0, 0.1) is 0 Å². The topological polar surface area (TPSA) is 61.8 Å². The van der Waals surface area contributed by atoms with Crippen molar-refractivity contribution in [1.82, 2.24) is 0 Å². The molecule has 0 N–H and O–H groups in total. The van der Waals surface area contributed by atoms with Gasteiger partial charge in [0.05, 0.1) is 6.61 Å². The van der Waals surface area contributed by atoms with E-state index in [1.54, 1.807) is 0 Å². The fourth-order valence-electron chi connectivity index (χ4n) is 7.25. The monoisotopic (exact) mass is 789 g/mol. The summed E-state index contributed by atoms with van der Waals surface area (Å²) in [4.78, 5) is 25.2. The number of hydrogen-bond donors (Lipinski definition) is 0. The lowest BCUT2D eigenvalue weighted by atomic mass is 10.0. The van der Waals surface area contributed by atoms with E-state index in [2.05, 4.69) is 45.1 Å². The summed E-state index contributed by atoms with van der Waals surface area (Å²) in [5.41, 5.74) is 0. The highest BCUT2D eigenvalue weighted by Gasteiger charge is 2.17. The zero-order chi connectivity index (χ0) is 40.7. The van der Waals surface area contributed by atoms with Crippen molar-refractivity contribution in [2.24, 2.45) is 0 Å². The molecule has 0 aliphatic carbocycles. The maximum atomic E-state index is 12.6. The molecule has 0 saturated heterocycles. The summed E-state index contributed by atoms with van der Waals surface area (Å²) < 4.78 is 17.3. The zero-order valence-electron chi connectivity index (χ0n) is 37.9. The number of unbranched alkanes of at least 4 members (excludes halogenated alkanes) is 31. The van der Waals surface area contributed by atoms with Crippen LogP contribution in [0.3, 0.4) is 0 Å². The lowest BCUT2D eigenvalue weighted by molar-refractivity contribution is -0.163. The molecule has 0 rings (SSSR count). The molecule has 0 aromatic carbocycles. The van der Waals surface area contributed by atoms with Crippen LogP contribution in [0.4, 0.5) is 0 Å². The van der Waals surface area contributed by atoms with Crippen molar-refractivity contribution in [2.75, 3.05) is 19.8 Å². The van der Waals surface area contributed by atoms with Gasteiger partial charge in [0.25, 0.3) is 0 Å². The Balaban J connectivity index is 4.09. The second-order valence-corrected chi connectivity index (χ2v) is 16.7. The van der Waals surface area contributed by atoms with Crippen molar-refractivity contribution >= 4 is 11.9 Å². The van der Waals surface area contributed by atoms with Gasteiger partial charge < -0.3 is 14.2 Å². The summed E-state index contributed by atoms with van der Waals surface area (Å²) >= 11 is 0. The molecule has 0 bridgehead atoms. The van der Waals surface area contributed by atoms with E-state index in [1.165, 1.54) is 186 Å². The maximum Gasteiger partial charge on any atom is 0.306 e. The highest BCUT2D eigenvalue weighted by atomic mass is 16.6. The minimum Gasteiger partial charge on any atom is -0.462 e. The lowest BCUT2D eigenvalue weighted by Crippen LogP contribution is -2.30. The number of ether oxygens (including phenoxy) is 3. The van der Waals surface area contributed by atoms with Crippen LogP contribution >= 0.6 is 0 Å². The Morgan fingerprint density at radius 3 is 1.21 bits per heavy atom. The van der Waals surface area contributed by atoms with Gasteiger partial charge in [0.1, 0.15) is 6.61 Å². The molecule has 0 aliphatic heterocycles. The fourth-order valence-corrected chi connectivity index (χ4v) is 7.25. The highest BCUT2D eigenvalue weighted by Crippen LogP contribution is 2.15. The summed E-state index contributed by atoms with van der Waals surface area (Å²) in [6.45, 7) is 7.80. The van der Waals surface area contributed by atoms with Gasteiger partial charge in [-0.05, 0) is 51.4 Å².